The molecule has 0 saturated heterocycles. The Morgan fingerprint density at radius 2 is 2.12 bits per heavy atom. The van der Waals surface area contributed by atoms with Crippen molar-refractivity contribution in [2.45, 2.75) is 32.6 Å². The molecule has 0 aliphatic heterocycles. The molecule has 0 aromatic heterocycles. The second kappa shape index (κ2) is 4.94. The van der Waals surface area contributed by atoms with E-state index in [9.17, 15) is 13.6 Å². The number of Topliss-reactive ketones (excluding diaryl/α,β-unsaturated/α-hetero) is 1. The van der Waals surface area contributed by atoms with Gasteiger partial charge in [0, 0.05) is 5.92 Å². The van der Waals surface area contributed by atoms with Gasteiger partial charge in [-0.2, -0.15) is 0 Å². The van der Waals surface area contributed by atoms with Gasteiger partial charge in [-0.1, -0.05) is 13.3 Å². The van der Waals surface area contributed by atoms with Gasteiger partial charge in [0.05, 0.1) is 5.56 Å². The molecule has 1 nitrogen and oxygen atoms in total. The van der Waals surface area contributed by atoms with Crippen LogP contribution in [0, 0.1) is 23.5 Å². The largest absolute Gasteiger partial charge is 0.294 e. The van der Waals surface area contributed by atoms with E-state index in [-0.39, 0.29) is 17.3 Å². The van der Waals surface area contributed by atoms with Crippen molar-refractivity contribution in [1.29, 1.82) is 0 Å². The van der Waals surface area contributed by atoms with Crippen molar-refractivity contribution in [1.82, 2.24) is 0 Å². The van der Waals surface area contributed by atoms with Crippen molar-refractivity contribution < 1.29 is 13.6 Å². The number of ketones is 1. The first-order chi connectivity index (χ1) is 8.11. The summed E-state index contributed by atoms with van der Waals surface area (Å²) in [4.78, 5) is 12.1. The molecular weight excluding hydrogens is 222 g/mol. The minimum absolute atomic E-state index is 0.0910. The van der Waals surface area contributed by atoms with Gasteiger partial charge in [0.25, 0.3) is 0 Å². The van der Waals surface area contributed by atoms with E-state index in [1.165, 1.54) is 0 Å². The van der Waals surface area contributed by atoms with E-state index in [4.69, 9.17) is 0 Å². The highest BCUT2D eigenvalue weighted by Crippen LogP contribution is 2.35. The number of hydrogen-bond donors (Lipinski definition) is 0. The molecule has 2 atom stereocenters. The first kappa shape index (κ1) is 12.2. The average molecular weight is 238 g/mol. The lowest BCUT2D eigenvalue weighted by Crippen LogP contribution is -2.14. The molecule has 1 aliphatic rings. The van der Waals surface area contributed by atoms with Crippen LogP contribution < -0.4 is 0 Å². The Bertz CT molecular complexity index is 428. The van der Waals surface area contributed by atoms with Crippen molar-refractivity contribution in [3.8, 4) is 0 Å². The van der Waals surface area contributed by atoms with Crippen LogP contribution in [0.15, 0.2) is 18.2 Å². The van der Waals surface area contributed by atoms with Crippen LogP contribution in [0.25, 0.3) is 0 Å². The fraction of sp³-hybridized carbons (Fsp3) is 0.500. The van der Waals surface area contributed by atoms with E-state index >= 15 is 0 Å². The number of hydrogen-bond acceptors (Lipinski definition) is 1. The molecule has 1 saturated carbocycles. The first-order valence-electron chi connectivity index (χ1n) is 6.11. The Morgan fingerprint density at radius 1 is 1.35 bits per heavy atom. The quantitative estimate of drug-likeness (QED) is 0.728. The van der Waals surface area contributed by atoms with Crippen LogP contribution in [0.5, 0.6) is 0 Å². The first-order valence-corrected chi connectivity index (χ1v) is 6.11. The lowest BCUT2D eigenvalue weighted by atomic mass is 9.94. The third-order valence-corrected chi connectivity index (χ3v) is 3.68. The molecule has 3 heteroatoms. The maximum atomic E-state index is 13.5. The minimum Gasteiger partial charge on any atom is -0.294 e. The summed E-state index contributed by atoms with van der Waals surface area (Å²) in [6.07, 6.45) is 3.68. The summed E-state index contributed by atoms with van der Waals surface area (Å²) < 4.78 is 26.5. The SMILES string of the molecule is CCC1CCC(C(=O)c2cc(F)ccc2F)C1. The Labute approximate surface area is 99.8 Å². The van der Waals surface area contributed by atoms with E-state index in [1.54, 1.807) is 0 Å². The predicted molar refractivity (Wildman–Crippen MR) is 61.8 cm³/mol. The van der Waals surface area contributed by atoms with Gasteiger partial charge in [-0.05, 0) is 43.4 Å². The van der Waals surface area contributed by atoms with Crippen LogP contribution in [-0.4, -0.2) is 5.78 Å². The lowest BCUT2D eigenvalue weighted by Gasteiger charge is -2.10. The van der Waals surface area contributed by atoms with Crippen LogP contribution >= 0.6 is 0 Å². The Kier molecular flexibility index (Phi) is 3.55. The number of rotatable bonds is 3. The molecule has 0 amide bonds. The van der Waals surface area contributed by atoms with Gasteiger partial charge in [0.15, 0.2) is 5.78 Å². The molecule has 0 bridgehead atoms. The third-order valence-electron chi connectivity index (χ3n) is 3.68. The average Bonchev–Trinajstić information content (AvgIpc) is 2.80. The topological polar surface area (TPSA) is 17.1 Å². The molecular formula is C14H16F2O. The summed E-state index contributed by atoms with van der Waals surface area (Å²) in [5, 5.41) is 0. The molecule has 0 heterocycles. The fourth-order valence-electron chi connectivity index (χ4n) is 2.59. The standard InChI is InChI=1S/C14H16F2O/c1-2-9-3-4-10(7-9)14(17)12-8-11(15)5-6-13(12)16/h5-6,8-10H,2-4,7H2,1H3. The lowest BCUT2D eigenvalue weighted by molar-refractivity contribution is 0.0915. The zero-order valence-corrected chi connectivity index (χ0v) is 9.88. The summed E-state index contributed by atoms with van der Waals surface area (Å²) in [6.45, 7) is 2.10. The molecule has 1 aromatic carbocycles. The van der Waals surface area contributed by atoms with Crippen LogP contribution in [0.2, 0.25) is 0 Å². The summed E-state index contributed by atoms with van der Waals surface area (Å²) in [7, 11) is 0. The van der Waals surface area contributed by atoms with Crippen LogP contribution in [0.4, 0.5) is 8.78 Å². The highest BCUT2D eigenvalue weighted by molar-refractivity contribution is 5.98. The highest BCUT2D eigenvalue weighted by Gasteiger charge is 2.30. The molecule has 2 unspecified atom stereocenters. The maximum Gasteiger partial charge on any atom is 0.168 e. The predicted octanol–water partition coefficient (Wildman–Crippen LogP) is 3.97. The van der Waals surface area contributed by atoms with Gasteiger partial charge in [-0.25, -0.2) is 8.78 Å². The number of benzene rings is 1. The van der Waals surface area contributed by atoms with E-state index < -0.39 is 11.6 Å². The Morgan fingerprint density at radius 3 is 2.76 bits per heavy atom. The molecule has 2 rings (SSSR count). The maximum absolute atomic E-state index is 13.5. The molecule has 17 heavy (non-hydrogen) atoms. The number of carbonyl (C=O) groups is 1. The Balaban J connectivity index is 2.17. The van der Waals surface area contributed by atoms with Crippen LogP contribution in [0.1, 0.15) is 43.0 Å². The second-order valence-corrected chi connectivity index (χ2v) is 4.77. The minimum atomic E-state index is -0.614. The molecule has 0 spiro atoms. The van der Waals surface area contributed by atoms with Crippen molar-refractivity contribution in [3.05, 3.63) is 35.4 Å². The van der Waals surface area contributed by atoms with Gasteiger partial charge in [0.1, 0.15) is 11.6 Å². The van der Waals surface area contributed by atoms with Crippen molar-refractivity contribution in [2.24, 2.45) is 11.8 Å². The van der Waals surface area contributed by atoms with E-state index in [1.807, 2.05) is 0 Å². The fourth-order valence-corrected chi connectivity index (χ4v) is 2.59. The van der Waals surface area contributed by atoms with E-state index in [0.29, 0.717) is 5.92 Å². The smallest absolute Gasteiger partial charge is 0.168 e. The van der Waals surface area contributed by atoms with Gasteiger partial charge >= 0.3 is 0 Å². The second-order valence-electron chi connectivity index (χ2n) is 4.77. The van der Waals surface area contributed by atoms with Gasteiger partial charge in [-0.15, -0.1) is 0 Å². The van der Waals surface area contributed by atoms with Crippen LogP contribution in [0.3, 0.4) is 0 Å². The van der Waals surface area contributed by atoms with Crippen molar-refractivity contribution in [2.75, 3.05) is 0 Å². The van der Waals surface area contributed by atoms with Gasteiger partial charge in [0.2, 0.25) is 0 Å². The molecule has 92 valence electrons. The monoisotopic (exact) mass is 238 g/mol. The zero-order chi connectivity index (χ0) is 12.4. The third kappa shape index (κ3) is 2.54. The van der Waals surface area contributed by atoms with Gasteiger partial charge < -0.3 is 0 Å². The molecule has 0 N–H and O–H groups in total. The summed E-state index contributed by atoms with van der Waals surface area (Å²) in [5.74, 6) is -0.981. The van der Waals surface area contributed by atoms with Crippen molar-refractivity contribution in [3.63, 3.8) is 0 Å². The van der Waals surface area contributed by atoms with E-state index in [2.05, 4.69) is 6.92 Å². The van der Waals surface area contributed by atoms with Crippen LogP contribution in [-0.2, 0) is 0 Å². The molecule has 1 aromatic rings. The van der Waals surface area contributed by atoms with Gasteiger partial charge in [-0.3, -0.25) is 4.79 Å². The Hall–Kier alpha value is -1.25. The van der Waals surface area contributed by atoms with E-state index in [0.717, 1.165) is 43.9 Å². The van der Waals surface area contributed by atoms with Crippen molar-refractivity contribution >= 4 is 5.78 Å². The normalized spacial score (nSPS) is 23.9. The number of halogens is 2. The molecule has 0 radical (unpaired) electrons. The highest BCUT2D eigenvalue weighted by atomic mass is 19.1. The molecule has 1 fully saturated rings. The number of carbonyl (C=O) groups excluding carboxylic acids is 1. The molecule has 1 aliphatic carbocycles. The summed E-state index contributed by atoms with van der Waals surface area (Å²) in [5.41, 5.74) is -0.0910. The summed E-state index contributed by atoms with van der Waals surface area (Å²) >= 11 is 0. The summed E-state index contributed by atoms with van der Waals surface area (Å²) in [6, 6.07) is 3.07. The zero-order valence-electron chi connectivity index (χ0n) is 9.88.